The molecule has 1 aliphatic heterocycles. The Kier molecular flexibility index (Phi) is 5.34. The zero-order valence-corrected chi connectivity index (χ0v) is 15.7. The lowest BCUT2D eigenvalue weighted by molar-refractivity contribution is -0.141. The van der Waals surface area contributed by atoms with Crippen molar-refractivity contribution in [3.8, 4) is 11.6 Å². The third-order valence-corrected chi connectivity index (χ3v) is 4.64. The number of aromatic nitrogens is 5. The van der Waals surface area contributed by atoms with Crippen molar-refractivity contribution in [2.75, 3.05) is 13.1 Å². The summed E-state index contributed by atoms with van der Waals surface area (Å²) in [4.78, 5) is 23.2. The van der Waals surface area contributed by atoms with Gasteiger partial charge in [0.15, 0.2) is 5.69 Å². The molecule has 0 spiro atoms. The molecule has 1 atom stereocenters. The van der Waals surface area contributed by atoms with Crippen LogP contribution in [0.25, 0.3) is 5.69 Å². The van der Waals surface area contributed by atoms with E-state index in [2.05, 4.69) is 20.2 Å². The van der Waals surface area contributed by atoms with E-state index in [0.717, 1.165) is 6.20 Å². The van der Waals surface area contributed by atoms with E-state index in [1.165, 1.54) is 17.2 Å². The summed E-state index contributed by atoms with van der Waals surface area (Å²) in [7, 11) is 0. The van der Waals surface area contributed by atoms with Crippen molar-refractivity contribution >= 4 is 5.91 Å². The number of alkyl halides is 3. The van der Waals surface area contributed by atoms with Crippen LogP contribution in [0.2, 0.25) is 0 Å². The maximum atomic E-state index is 13.1. The van der Waals surface area contributed by atoms with Gasteiger partial charge in [0.25, 0.3) is 5.91 Å². The lowest BCUT2D eigenvalue weighted by Gasteiger charge is -2.33. The number of nitrogens with zero attached hydrogens (tertiary/aromatic N) is 6. The lowest BCUT2D eigenvalue weighted by atomic mass is 10.1. The molecule has 3 aromatic rings. The first-order valence-corrected chi connectivity index (χ1v) is 9.23. The van der Waals surface area contributed by atoms with Gasteiger partial charge in [0, 0.05) is 6.54 Å². The van der Waals surface area contributed by atoms with Crippen LogP contribution in [-0.2, 0) is 6.18 Å². The maximum absolute atomic E-state index is 13.1. The van der Waals surface area contributed by atoms with Gasteiger partial charge in [-0.25, -0.2) is 9.97 Å². The highest BCUT2D eigenvalue weighted by Crippen LogP contribution is 2.27. The summed E-state index contributed by atoms with van der Waals surface area (Å²) < 4.78 is 43.5. The molecule has 3 heterocycles. The standard InChI is InChI=1S/C19H17F3N6O2/c20-19(21,22)16-10-24-17(11-23-16)30-13-4-3-9-27(12-13)18(29)14-5-1-2-6-15(14)28-25-7-8-26-28/h1-2,5-8,10-11,13H,3-4,9,12H2/t13-/m1/s1. The monoisotopic (exact) mass is 418 g/mol. The van der Waals surface area contributed by atoms with Crippen molar-refractivity contribution in [1.29, 1.82) is 0 Å². The fraction of sp³-hybridized carbons (Fsp3) is 0.316. The number of para-hydroxylation sites is 1. The van der Waals surface area contributed by atoms with E-state index in [0.29, 0.717) is 36.8 Å². The SMILES string of the molecule is O=C(c1ccccc1-n1nccn1)N1CCC[C@@H](Oc2cnc(C(F)(F)F)cn2)C1. The zero-order chi connectivity index (χ0) is 21.1. The van der Waals surface area contributed by atoms with E-state index < -0.39 is 18.0 Å². The molecule has 2 aromatic heterocycles. The highest BCUT2D eigenvalue weighted by molar-refractivity contribution is 5.97. The first-order chi connectivity index (χ1) is 14.4. The molecule has 1 aromatic carbocycles. The molecular formula is C19H17F3N6O2. The van der Waals surface area contributed by atoms with Gasteiger partial charge in [-0.05, 0) is 25.0 Å². The summed E-state index contributed by atoms with van der Waals surface area (Å²) in [5.41, 5.74) is -0.0769. The molecule has 156 valence electrons. The smallest absolute Gasteiger partial charge is 0.434 e. The Labute approximate surface area is 169 Å². The van der Waals surface area contributed by atoms with Crippen LogP contribution < -0.4 is 4.74 Å². The lowest BCUT2D eigenvalue weighted by Crippen LogP contribution is -2.44. The Morgan fingerprint density at radius 1 is 1.10 bits per heavy atom. The van der Waals surface area contributed by atoms with E-state index in [9.17, 15) is 18.0 Å². The van der Waals surface area contributed by atoms with Crippen molar-refractivity contribution in [2.24, 2.45) is 0 Å². The predicted octanol–water partition coefficient (Wildman–Crippen LogP) is 2.76. The van der Waals surface area contributed by atoms with Gasteiger partial charge in [0.1, 0.15) is 6.10 Å². The molecule has 11 heteroatoms. The average Bonchev–Trinajstić information content (AvgIpc) is 3.28. The zero-order valence-electron chi connectivity index (χ0n) is 15.7. The van der Waals surface area contributed by atoms with Crippen molar-refractivity contribution in [1.82, 2.24) is 29.9 Å². The number of carbonyl (C=O) groups excluding carboxylic acids is 1. The Balaban J connectivity index is 1.46. The molecule has 0 N–H and O–H groups in total. The van der Waals surface area contributed by atoms with Gasteiger partial charge in [0.05, 0.1) is 42.6 Å². The summed E-state index contributed by atoms with van der Waals surface area (Å²) in [6.45, 7) is 0.820. The van der Waals surface area contributed by atoms with Crippen LogP contribution in [0.15, 0.2) is 49.1 Å². The van der Waals surface area contributed by atoms with Crippen LogP contribution in [0.1, 0.15) is 28.9 Å². The Hall–Kier alpha value is -3.50. The molecule has 0 saturated carbocycles. The van der Waals surface area contributed by atoms with Crippen LogP contribution in [-0.4, -0.2) is 55.0 Å². The van der Waals surface area contributed by atoms with Crippen LogP contribution >= 0.6 is 0 Å². The molecule has 0 radical (unpaired) electrons. The Bertz CT molecular complexity index is 1010. The second kappa shape index (κ2) is 8.09. The molecule has 8 nitrogen and oxygen atoms in total. The van der Waals surface area contributed by atoms with E-state index in [1.54, 1.807) is 29.2 Å². The number of ether oxygens (including phenoxy) is 1. The number of rotatable bonds is 4. The van der Waals surface area contributed by atoms with Gasteiger partial charge in [0.2, 0.25) is 5.88 Å². The molecule has 30 heavy (non-hydrogen) atoms. The molecule has 1 amide bonds. The molecule has 1 saturated heterocycles. The highest BCUT2D eigenvalue weighted by Gasteiger charge is 2.33. The molecule has 1 fully saturated rings. The van der Waals surface area contributed by atoms with Crippen molar-refractivity contribution in [2.45, 2.75) is 25.1 Å². The van der Waals surface area contributed by atoms with E-state index in [-0.39, 0.29) is 18.3 Å². The molecule has 0 bridgehead atoms. The van der Waals surface area contributed by atoms with Crippen LogP contribution in [0.3, 0.4) is 0 Å². The number of halogens is 3. The van der Waals surface area contributed by atoms with E-state index in [4.69, 9.17) is 4.74 Å². The number of hydrogen-bond acceptors (Lipinski definition) is 6. The van der Waals surface area contributed by atoms with Crippen molar-refractivity contribution < 1.29 is 22.7 Å². The van der Waals surface area contributed by atoms with Gasteiger partial charge >= 0.3 is 6.18 Å². The first-order valence-electron chi connectivity index (χ1n) is 9.23. The molecule has 4 rings (SSSR count). The number of likely N-dealkylation sites (tertiary alicyclic amines) is 1. The van der Waals surface area contributed by atoms with Gasteiger partial charge in [-0.3, -0.25) is 4.79 Å². The number of hydrogen-bond donors (Lipinski definition) is 0. The number of carbonyl (C=O) groups is 1. The fourth-order valence-corrected chi connectivity index (χ4v) is 3.25. The second-order valence-electron chi connectivity index (χ2n) is 6.71. The summed E-state index contributed by atoms with van der Waals surface area (Å²) in [5, 5.41) is 8.17. The Morgan fingerprint density at radius 3 is 2.57 bits per heavy atom. The van der Waals surface area contributed by atoms with E-state index in [1.807, 2.05) is 0 Å². The summed E-state index contributed by atoms with van der Waals surface area (Å²) in [6.07, 6.45) is 1.01. The molecule has 1 aliphatic rings. The predicted molar refractivity (Wildman–Crippen MR) is 97.9 cm³/mol. The quantitative estimate of drug-likeness (QED) is 0.648. The fourth-order valence-electron chi connectivity index (χ4n) is 3.25. The number of amides is 1. The number of piperidine rings is 1. The minimum atomic E-state index is -4.56. The molecule has 0 unspecified atom stereocenters. The largest absolute Gasteiger partial charge is 0.471 e. The van der Waals surface area contributed by atoms with Gasteiger partial charge in [-0.1, -0.05) is 12.1 Å². The minimum Gasteiger partial charge on any atom is -0.471 e. The van der Waals surface area contributed by atoms with Crippen molar-refractivity contribution in [3.05, 3.63) is 60.3 Å². The van der Waals surface area contributed by atoms with Crippen molar-refractivity contribution in [3.63, 3.8) is 0 Å². The topological polar surface area (TPSA) is 86.0 Å². The molecular weight excluding hydrogens is 401 g/mol. The highest BCUT2D eigenvalue weighted by atomic mass is 19.4. The van der Waals surface area contributed by atoms with Gasteiger partial charge in [-0.15, -0.1) is 0 Å². The van der Waals surface area contributed by atoms with Crippen LogP contribution in [0, 0.1) is 0 Å². The summed E-state index contributed by atoms with van der Waals surface area (Å²) in [6, 6.07) is 7.01. The third-order valence-electron chi connectivity index (χ3n) is 4.64. The summed E-state index contributed by atoms with van der Waals surface area (Å²) in [5.74, 6) is -0.210. The third kappa shape index (κ3) is 4.24. The van der Waals surface area contributed by atoms with Gasteiger partial charge in [-0.2, -0.15) is 28.2 Å². The van der Waals surface area contributed by atoms with E-state index >= 15 is 0 Å². The van der Waals surface area contributed by atoms with Crippen LogP contribution in [0.5, 0.6) is 5.88 Å². The maximum Gasteiger partial charge on any atom is 0.434 e. The molecule has 0 aliphatic carbocycles. The normalized spacial score (nSPS) is 17.0. The first kappa shape index (κ1) is 19.8. The minimum absolute atomic E-state index is 0.0107. The average molecular weight is 418 g/mol. The Morgan fingerprint density at radius 2 is 1.87 bits per heavy atom. The summed E-state index contributed by atoms with van der Waals surface area (Å²) >= 11 is 0. The van der Waals surface area contributed by atoms with Gasteiger partial charge < -0.3 is 9.64 Å². The second-order valence-corrected chi connectivity index (χ2v) is 6.71. The number of benzene rings is 1. The van der Waals surface area contributed by atoms with Crippen LogP contribution in [0.4, 0.5) is 13.2 Å².